The summed E-state index contributed by atoms with van der Waals surface area (Å²) in [5, 5.41) is 15.8. The molecule has 12 nitrogen and oxygen atoms in total. The average molecular weight is 671 g/mol. The summed E-state index contributed by atoms with van der Waals surface area (Å²) < 4.78 is 41.6. The molecule has 1 fully saturated rings. The van der Waals surface area contributed by atoms with E-state index in [0.29, 0.717) is 22.9 Å². The lowest BCUT2D eigenvalue weighted by molar-refractivity contribution is -0.149. The normalized spacial score (nSPS) is 23.3. The van der Waals surface area contributed by atoms with Gasteiger partial charge in [0.05, 0.1) is 19.0 Å². The number of aliphatic hydroxyl groups excluding tert-OH is 1. The highest BCUT2D eigenvalue weighted by molar-refractivity contribution is 8.09. The van der Waals surface area contributed by atoms with Crippen molar-refractivity contribution in [3.63, 3.8) is 0 Å². The van der Waals surface area contributed by atoms with Gasteiger partial charge in [0.1, 0.15) is 29.8 Å². The van der Waals surface area contributed by atoms with Crippen LogP contribution in [0.4, 0.5) is 10.2 Å². The Hall–Kier alpha value is -3.70. The number of imidazole rings is 1. The average Bonchev–Trinajstić information content (AvgIpc) is 3.53. The lowest BCUT2D eigenvalue weighted by atomic mass is 9.97. The van der Waals surface area contributed by atoms with E-state index < -0.39 is 49.4 Å². The number of ether oxygens (including phenoxy) is 2. The molecule has 0 bridgehead atoms. The first-order valence-corrected chi connectivity index (χ1v) is 17.2. The van der Waals surface area contributed by atoms with Crippen LogP contribution in [-0.4, -0.2) is 81.3 Å². The summed E-state index contributed by atoms with van der Waals surface area (Å²) >= 11 is 5.88. The van der Waals surface area contributed by atoms with Gasteiger partial charge in [-0.3, -0.25) is 9.36 Å². The van der Waals surface area contributed by atoms with Crippen molar-refractivity contribution in [3.05, 3.63) is 54.6 Å². The number of aryl methyl sites for hydroxylation is 1. The van der Waals surface area contributed by atoms with Crippen molar-refractivity contribution in [2.24, 2.45) is 0 Å². The van der Waals surface area contributed by atoms with Crippen LogP contribution in [0.15, 0.2) is 48.8 Å². The van der Waals surface area contributed by atoms with E-state index in [4.69, 9.17) is 36.8 Å². The number of aromatic nitrogens is 4. The second kappa shape index (κ2) is 13.2. The lowest BCUT2D eigenvalue weighted by Crippen LogP contribution is -2.42. The zero-order valence-electron chi connectivity index (χ0n) is 26.2. The maximum Gasteiger partial charge on any atom is 0.323 e. The molecule has 1 unspecified atom stereocenters. The number of rotatable bonds is 11. The van der Waals surface area contributed by atoms with E-state index in [-0.39, 0.29) is 11.8 Å². The molecular formula is C31H36FN6O6PS. The molecule has 0 radical (unpaired) electrons. The summed E-state index contributed by atoms with van der Waals surface area (Å²) in [5.74, 6) is 2.85. The van der Waals surface area contributed by atoms with E-state index in [1.54, 1.807) is 58.8 Å². The molecule has 0 saturated carbocycles. The molecule has 244 valence electrons. The topological polar surface area (TPSA) is 133 Å². The number of nitrogens with zero attached hydrogens (tertiary/aromatic N) is 5. The SMILES string of the molecule is C#C[C@@]1(F)[C@H](O)[C@@H](COP(=S)(N[C@@H](C)C(=O)OC(C)C)Oc2cccc3ccccc23)O[C@H]1n1cnc2c(N(C)C)nc(C)nc21. The lowest BCUT2D eigenvalue weighted by Gasteiger charge is -2.28. The van der Waals surface area contributed by atoms with Crippen molar-refractivity contribution >= 4 is 52.2 Å². The molecule has 4 aromatic rings. The van der Waals surface area contributed by atoms with Gasteiger partial charge in [-0.1, -0.05) is 42.3 Å². The van der Waals surface area contributed by atoms with Crippen LogP contribution >= 0.6 is 6.64 Å². The van der Waals surface area contributed by atoms with Crippen LogP contribution in [0.25, 0.3) is 21.9 Å². The van der Waals surface area contributed by atoms with Gasteiger partial charge in [-0.2, -0.15) is 0 Å². The summed E-state index contributed by atoms with van der Waals surface area (Å²) in [7, 11) is 3.60. The second-order valence-corrected chi connectivity index (χ2v) is 14.5. The number of carbonyl (C=O) groups excluding carboxylic acids is 1. The summed E-state index contributed by atoms with van der Waals surface area (Å²) in [6, 6.07) is 12.0. The Morgan fingerprint density at radius 3 is 2.67 bits per heavy atom. The van der Waals surface area contributed by atoms with Crippen molar-refractivity contribution in [1.29, 1.82) is 0 Å². The van der Waals surface area contributed by atoms with Crippen LogP contribution < -0.4 is 14.5 Å². The van der Waals surface area contributed by atoms with Crippen LogP contribution in [0.5, 0.6) is 5.75 Å². The Bertz CT molecular complexity index is 1840. The number of esters is 1. The molecule has 2 aromatic heterocycles. The molecule has 0 aliphatic carbocycles. The largest absolute Gasteiger partial charge is 0.462 e. The minimum atomic E-state index is -3.60. The maximum atomic E-state index is 16.5. The Kier molecular flexibility index (Phi) is 9.65. The fourth-order valence-corrected chi connectivity index (χ4v) is 7.51. The first-order chi connectivity index (χ1) is 21.8. The van der Waals surface area contributed by atoms with E-state index >= 15 is 4.39 Å². The van der Waals surface area contributed by atoms with Crippen molar-refractivity contribution in [2.75, 3.05) is 25.6 Å². The highest BCUT2D eigenvalue weighted by Crippen LogP contribution is 2.49. The molecule has 46 heavy (non-hydrogen) atoms. The molecule has 5 rings (SSSR count). The fourth-order valence-electron chi connectivity index (χ4n) is 5.09. The zero-order chi connectivity index (χ0) is 33.4. The molecule has 0 spiro atoms. The van der Waals surface area contributed by atoms with Gasteiger partial charge in [0.2, 0.25) is 5.67 Å². The van der Waals surface area contributed by atoms with Crippen molar-refractivity contribution in [3.8, 4) is 18.1 Å². The fraction of sp³-hybridized carbons (Fsp3) is 0.419. The Labute approximate surface area is 271 Å². The van der Waals surface area contributed by atoms with E-state index in [1.165, 1.54) is 10.9 Å². The minimum Gasteiger partial charge on any atom is -0.462 e. The second-order valence-electron chi connectivity index (χ2n) is 11.4. The Morgan fingerprint density at radius 1 is 1.26 bits per heavy atom. The maximum absolute atomic E-state index is 16.5. The number of terminal acetylenes is 1. The molecule has 15 heteroatoms. The third-order valence-electron chi connectivity index (χ3n) is 7.29. The first kappa shape index (κ1) is 33.7. The van der Waals surface area contributed by atoms with Gasteiger partial charge < -0.3 is 28.5 Å². The number of benzene rings is 2. The van der Waals surface area contributed by atoms with E-state index in [1.807, 2.05) is 30.3 Å². The molecule has 2 N–H and O–H groups in total. The molecule has 1 aliphatic heterocycles. The summed E-state index contributed by atoms with van der Waals surface area (Å²) in [6.45, 7) is 2.69. The predicted molar refractivity (Wildman–Crippen MR) is 176 cm³/mol. The quantitative estimate of drug-likeness (QED) is 0.135. The monoisotopic (exact) mass is 670 g/mol. The highest BCUT2D eigenvalue weighted by atomic mass is 32.5. The number of carbonyl (C=O) groups is 1. The third kappa shape index (κ3) is 6.57. The van der Waals surface area contributed by atoms with Crippen molar-refractivity contribution in [2.45, 2.75) is 63.9 Å². The van der Waals surface area contributed by atoms with Gasteiger partial charge in [0.25, 0.3) is 0 Å². The predicted octanol–water partition coefficient (Wildman–Crippen LogP) is 4.20. The van der Waals surface area contributed by atoms with Crippen LogP contribution in [0.2, 0.25) is 0 Å². The number of nitrogens with one attached hydrogen (secondary N) is 1. The minimum absolute atomic E-state index is 0.274. The molecule has 6 atom stereocenters. The molecule has 2 aromatic carbocycles. The van der Waals surface area contributed by atoms with Gasteiger partial charge >= 0.3 is 12.6 Å². The van der Waals surface area contributed by atoms with Gasteiger partial charge in [-0.25, -0.2) is 24.4 Å². The van der Waals surface area contributed by atoms with Crippen molar-refractivity contribution in [1.82, 2.24) is 24.6 Å². The van der Waals surface area contributed by atoms with Crippen LogP contribution in [-0.2, 0) is 30.6 Å². The summed E-state index contributed by atoms with van der Waals surface area (Å²) in [5.41, 5.74) is -2.02. The number of alkyl halides is 1. The third-order valence-corrected chi connectivity index (χ3v) is 9.78. The highest BCUT2D eigenvalue weighted by Gasteiger charge is 2.58. The number of fused-ring (bicyclic) bond motifs is 2. The zero-order valence-corrected chi connectivity index (χ0v) is 28.0. The number of aliphatic hydroxyl groups is 1. The van der Waals surface area contributed by atoms with E-state index in [9.17, 15) is 9.90 Å². The van der Waals surface area contributed by atoms with E-state index in [2.05, 4.69) is 26.0 Å². The van der Waals surface area contributed by atoms with Crippen LogP contribution in [0, 0.1) is 19.3 Å². The number of hydrogen-bond donors (Lipinski definition) is 2. The Balaban J connectivity index is 1.45. The van der Waals surface area contributed by atoms with Crippen LogP contribution in [0.3, 0.4) is 0 Å². The first-order valence-electron chi connectivity index (χ1n) is 14.5. The van der Waals surface area contributed by atoms with Gasteiger partial charge in [-0.15, -0.1) is 6.42 Å². The molecule has 0 amide bonds. The summed E-state index contributed by atoms with van der Waals surface area (Å²) in [6.07, 6.45) is 2.00. The van der Waals surface area contributed by atoms with Crippen LogP contribution in [0.1, 0.15) is 32.8 Å². The molecule has 3 heterocycles. The van der Waals surface area contributed by atoms with E-state index in [0.717, 1.165) is 10.8 Å². The van der Waals surface area contributed by atoms with Crippen molar-refractivity contribution < 1.29 is 32.8 Å². The Morgan fingerprint density at radius 2 is 1.98 bits per heavy atom. The van der Waals surface area contributed by atoms with Gasteiger partial charge in [0, 0.05) is 19.5 Å². The number of hydrogen-bond acceptors (Lipinski definition) is 11. The number of anilines is 1. The summed E-state index contributed by atoms with van der Waals surface area (Å²) in [4.78, 5) is 27.7. The number of halogens is 1. The van der Waals surface area contributed by atoms with Gasteiger partial charge in [-0.05, 0) is 51.0 Å². The standard InChI is InChI=1S/C31H36FN6O6PS/c1-8-31(32)26(39)24(43-30(31)38-17-33-25-27(37(6)7)34-20(5)35-28(25)38)16-41-45(46,36-19(4)29(40)42-18(2)3)44-23-15-11-13-21-12-9-10-14-22(21)23/h1,9-15,17-19,24,26,30,39H,16H2,2-7H3,(H,36,46)/t19-,24+,26+,30+,31+,45?/m0/s1. The molecule has 1 aliphatic rings. The van der Waals surface area contributed by atoms with Gasteiger partial charge in [0.15, 0.2) is 23.2 Å². The smallest absolute Gasteiger partial charge is 0.323 e. The molecular weight excluding hydrogens is 634 g/mol. The molecule has 1 saturated heterocycles.